The summed E-state index contributed by atoms with van der Waals surface area (Å²) in [5, 5.41) is 13.0. The molecule has 0 radical (unpaired) electrons. The van der Waals surface area contributed by atoms with Crippen molar-refractivity contribution in [3.63, 3.8) is 0 Å². The highest BCUT2D eigenvalue weighted by Gasteiger charge is 2.21. The second kappa shape index (κ2) is 8.56. The summed E-state index contributed by atoms with van der Waals surface area (Å²) in [6, 6.07) is 7.63. The molecule has 3 aromatic rings. The van der Waals surface area contributed by atoms with Gasteiger partial charge in [0.2, 0.25) is 17.6 Å². The standard InChI is InChI=1S/C19H22N4O3S/c1-2-24-15-10-8-13(9-11-15)17-20-16(26-23-17)12-27-19-22-21-18(25-19)14-6-4-3-5-7-14/h8-11,14H,2-7,12H2,1H3. The number of nitrogens with zero attached hydrogens (tertiary/aromatic N) is 4. The number of hydrogen-bond donors (Lipinski definition) is 0. The van der Waals surface area contributed by atoms with Gasteiger partial charge in [0.1, 0.15) is 5.75 Å². The maximum atomic E-state index is 5.81. The first-order chi connectivity index (χ1) is 13.3. The Bertz CT molecular complexity index is 856. The summed E-state index contributed by atoms with van der Waals surface area (Å²) < 4.78 is 16.6. The summed E-state index contributed by atoms with van der Waals surface area (Å²) >= 11 is 1.42. The van der Waals surface area contributed by atoms with Crippen LogP contribution in [-0.4, -0.2) is 26.9 Å². The molecule has 7 nitrogen and oxygen atoms in total. The zero-order valence-corrected chi connectivity index (χ0v) is 16.1. The second-order valence-electron chi connectivity index (χ2n) is 6.50. The van der Waals surface area contributed by atoms with Crippen molar-refractivity contribution in [2.24, 2.45) is 0 Å². The molecule has 0 aliphatic heterocycles. The van der Waals surface area contributed by atoms with Gasteiger partial charge >= 0.3 is 0 Å². The molecule has 0 bridgehead atoms. The molecule has 0 atom stereocenters. The van der Waals surface area contributed by atoms with E-state index in [-0.39, 0.29) is 0 Å². The lowest BCUT2D eigenvalue weighted by molar-refractivity contribution is 0.334. The molecule has 8 heteroatoms. The topological polar surface area (TPSA) is 87.1 Å². The second-order valence-corrected chi connectivity index (χ2v) is 7.43. The highest BCUT2D eigenvalue weighted by atomic mass is 32.2. The highest BCUT2D eigenvalue weighted by molar-refractivity contribution is 7.98. The van der Waals surface area contributed by atoms with Crippen LogP contribution in [0.1, 0.15) is 56.7 Å². The van der Waals surface area contributed by atoms with Gasteiger partial charge in [-0.1, -0.05) is 36.2 Å². The Morgan fingerprint density at radius 2 is 1.93 bits per heavy atom. The van der Waals surface area contributed by atoms with E-state index in [1.807, 2.05) is 31.2 Å². The maximum Gasteiger partial charge on any atom is 0.277 e. The van der Waals surface area contributed by atoms with E-state index in [0.717, 1.165) is 30.0 Å². The molecule has 2 heterocycles. The molecule has 0 amide bonds. The minimum absolute atomic E-state index is 0.412. The molecular weight excluding hydrogens is 364 g/mol. The monoisotopic (exact) mass is 386 g/mol. The highest BCUT2D eigenvalue weighted by Crippen LogP contribution is 2.33. The Morgan fingerprint density at radius 1 is 1.11 bits per heavy atom. The molecule has 1 fully saturated rings. The third-order valence-corrected chi connectivity index (χ3v) is 5.39. The van der Waals surface area contributed by atoms with E-state index in [4.69, 9.17) is 13.7 Å². The van der Waals surface area contributed by atoms with Crippen LogP contribution < -0.4 is 4.74 Å². The molecule has 1 aliphatic rings. The summed E-state index contributed by atoms with van der Waals surface area (Å²) in [7, 11) is 0. The number of ether oxygens (including phenoxy) is 1. The molecule has 0 saturated heterocycles. The third-order valence-electron chi connectivity index (χ3n) is 4.59. The molecule has 1 aliphatic carbocycles. The van der Waals surface area contributed by atoms with Gasteiger partial charge in [-0.2, -0.15) is 4.98 Å². The molecule has 142 valence electrons. The lowest BCUT2D eigenvalue weighted by Gasteiger charge is -2.17. The van der Waals surface area contributed by atoms with E-state index in [0.29, 0.717) is 35.2 Å². The van der Waals surface area contributed by atoms with Crippen LogP contribution in [-0.2, 0) is 5.75 Å². The third kappa shape index (κ3) is 4.50. The van der Waals surface area contributed by atoms with Crippen molar-refractivity contribution in [2.45, 2.75) is 55.9 Å². The Morgan fingerprint density at radius 3 is 2.70 bits per heavy atom. The molecule has 0 N–H and O–H groups in total. The van der Waals surface area contributed by atoms with Crippen LogP contribution in [0.5, 0.6) is 5.75 Å². The van der Waals surface area contributed by atoms with E-state index in [1.165, 1.54) is 31.0 Å². The van der Waals surface area contributed by atoms with Crippen molar-refractivity contribution < 1.29 is 13.7 Å². The SMILES string of the molecule is CCOc1ccc(-c2noc(CSc3nnc(C4CCCCC4)o3)n2)cc1. The Balaban J connectivity index is 1.35. The number of benzene rings is 1. The van der Waals surface area contributed by atoms with E-state index in [1.54, 1.807) is 0 Å². The zero-order valence-electron chi connectivity index (χ0n) is 15.3. The van der Waals surface area contributed by atoms with Crippen LogP contribution in [0.25, 0.3) is 11.4 Å². The van der Waals surface area contributed by atoms with Crippen LogP contribution in [0.3, 0.4) is 0 Å². The van der Waals surface area contributed by atoms with Gasteiger partial charge in [-0.3, -0.25) is 0 Å². The van der Waals surface area contributed by atoms with Crippen LogP contribution in [0.4, 0.5) is 0 Å². The smallest absolute Gasteiger partial charge is 0.277 e. The lowest BCUT2D eigenvalue weighted by Crippen LogP contribution is -2.04. The molecule has 0 unspecified atom stereocenters. The fourth-order valence-electron chi connectivity index (χ4n) is 3.21. The Hall–Kier alpha value is -2.35. The Labute approximate surface area is 161 Å². The molecular formula is C19H22N4O3S. The van der Waals surface area contributed by atoms with Crippen molar-refractivity contribution in [3.8, 4) is 17.1 Å². The first-order valence-corrected chi connectivity index (χ1v) is 10.3. The van der Waals surface area contributed by atoms with Crippen molar-refractivity contribution >= 4 is 11.8 Å². The lowest BCUT2D eigenvalue weighted by atomic mass is 9.89. The van der Waals surface area contributed by atoms with Gasteiger partial charge < -0.3 is 13.7 Å². The van der Waals surface area contributed by atoms with E-state index in [9.17, 15) is 0 Å². The normalized spacial score (nSPS) is 15.1. The molecule has 0 spiro atoms. The molecule has 1 saturated carbocycles. The number of rotatable bonds is 7. The quantitative estimate of drug-likeness (QED) is 0.532. The Kier molecular flexibility index (Phi) is 5.72. The van der Waals surface area contributed by atoms with E-state index < -0.39 is 0 Å². The van der Waals surface area contributed by atoms with Gasteiger partial charge in [0, 0.05) is 11.5 Å². The molecule has 1 aromatic carbocycles. The van der Waals surface area contributed by atoms with Crippen LogP contribution >= 0.6 is 11.8 Å². The first-order valence-electron chi connectivity index (χ1n) is 9.34. The summed E-state index contributed by atoms with van der Waals surface area (Å²) in [6.07, 6.45) is 6.07. The average Bonchev–Trinajstić information content (AvgIpc) is 3.38. The van der Waals surface area contributed by atoms with Crippen molar-refractivity contribution in [2.75, 3.05) is 6.61 Å². The van der Waals surface area contributed by atoms with Crippen LogP contribution in [0.2, 0.25) is 0 Å². The maximum absolute atomic E-state index is 5.81. The molecule has 27 heavy (non-hydrogen) atoms. The van der Waals surface area contributed by atoms with Gasteiger partial charge in [0.15, 0.2) is 0 Å². The molecule has 2 aromatic heterocycles. The van der Waals surface area contributed by atoms with E-state index >= 15 is 0 Å². The minimum atomic E-state index is 0.412. The van der Waals surface area contributed by atoms with Gasteiger partial charge in [0.05, 0.1) is 12.4 Å². The van der Waals surface area contributed by atoms with Crippen molar-refractivity contribution in [3.05, 3.63) is 36.0 Å². The van der Waals surface area contributed by atoms with Gasteiger partial charge in [-0.15, -0.1) is 10.2 Å². The van der Waals surface area contributed by atoms with Crippen molar-refractivity contribution in [1.29, 1.82) is 0 Å². The predicted molar refractivity (Wildman–Crippen MR) is 101 cm³/mol. The zero-order chi connectivity index (χ0) is 18.5. The number of aromatic nitrogens is 4. The molecule has 4 rings (SSSR count). The fraction of sp³-hybridized carbons (Fsp3) is 0.474. The number of hydrogen-bond acceptors (Lipinski definition) is 8. The number of thioether (sulfide) groups is 1. The van der Waals surface area contributed by atoms with Gasteiger partial charge in [-0.05, 0) is 44.0 Å². The largest absolute Gasteiger partial charge is 0.494 e. The predicted octanol–water partition coefficient (Wildman–Crippen LogP) is 4.86. The summed E-state index contributed by atoms with van der Waals surface area (Å²) in [4.78, 5) is 4.44. The first kappa shape index (κ1) is 18.0. The van der Waals surface area contributed by atoms with Crippen LogP contribution in [0, 0.1) is 0 Å². The fourth-order valence-corrected chi connectivity index (χ4v) is 3.82. The van der Waals surface area contributed by atoms with Gasteiger partial charge in [0.25, 0.3) is 5.22 Å². The summed E-state index contributed by atoms with van der Waals surface area (Å²) in [6.45, 7) is 2.60. The average molecular weight is 386 g/mol. The van der Waals surface area contributed by atoms with Gasteiger partial charge in [-0.25, -0.2) is 0 Å². The minimum Gasteiger partial charge on any atom is -0.494 e. The van der Waals surface area contributed by atoms with Crippen LogP contribution in [0.15, 0.2) is 38.4 Å². The summed E-state index contributed by atoms with van der Waals surface area (Å²) in [5.74, 6) is 3.58. The van der Waals surface area contributed by atoms with E-state index in [2.05, 4.69) is 20.3 Å². The van der Waals surface area contributed by atoms with Crippen molar-refractivity contribution in [1.82, 2.24) is 20.3 Å². The summed E-state index contributed by atoms with van der Waals surface area (Å²) in [5.41, 5.74) is 0.885.